The van der Waals surface area contributed by atoms with Crippen LogP contribution < -0.4 is 0 Å². The average Bonchev–Trinajstić information content (AvgIpc) is 3.19. The average molecular weight is 510 g/mol. The molecule has 0 atom stereocenters. The van der Waals surface area contributed by atoms with E-state index in [4.69, 9.17) is 4.74 Å². The third-order valence-corrected chi connectivity index (χ3v) is 10.4. The van der Waals surface area contributed by atoms with Gasteiger partial charge in [0.15, 0.2) is 0 Å². The van der Waals surface area contributed by atoms with Gasteiger partial charge in [-0.3, -0.25) is 4.74 Å². The fraction of sp³-hybridized carbons (Fsp3) is 0.733. The Labute approximate surface area is 224 Å². The van der Waals surface area contributed by atoms with Crippen LogP contribution in [-0.2, 0) is 21.7 Å². The van der Waals surface area contributed by atoms with E-state index in [-0.39, 0.29) is 21.7 Å². The third-order valence-electron chi connectivity index (χ3n) is 6.27. The van der Waals surface area contributed by atoms with Crippen LogP contribution in [0.4, 0.5) is 0 Å². The van der Waals surface area contributed by atoms with Crippen LogP contribution in [0.1, 0.15) is 107 Å². The molecule has 0 unspecified atom stereocenters. The first kappa shape index (κ1) is 35.1. The molecule has 0 fully saturated rings. The van der Waals surface area contributed by atoms with Crippen molar-refractivity contribution in [1.82, 2.24) is 0 Å². The summed E-state index contributed by atoms with van der Waals surface area (Å²) < 4.78 is 5.51. The minimum Gasteiger partial charge on any atom is -0.272 e. The Morgan fingerprint density at radius 2 is 1.33 bits per heavy atom. The molecule has 3 heteroatoms. The molecule has 1 aliphatic rings. The van der Waals surface area contributed by atoms with Crippen molar-refractivity contribution in [2.24, 2.45) is 22.5 Å². The number of allylic oxidation sites excluding steroid dienone is 6. The largest absolute Gasteiger partial charge is 0.272 e. The molecule has 0 spiro atoms. The summed E-state index contributed by atoms with van der Waals surface area (Å²) in [5.74, 6) is 2.46. The Morgan fingerprint density at radius 1 is 0.909 bits per heavy atom. The van der Waals surface area contributed by atoms with Gasteiger partial charge in [-0.15, -0.1) is 0 Å². The summed E-state index contributed by atoms with van der Waals surface area (Å²) in [4.78, 5) is 0. The van der Waals surface area contributed by atoms with Gasteiger partial charge >= 0.3 is 0 Å². The molecular formula is C30H56NPTi. The molecule has 33 heavy (non-hydrogen) atoms. The summed E-state index contributed by atoms with van der Waals surface area (Å²) in [5.41, 5.74) is 3.80. The van der Waals surface area contributed by atoms with Crippen molar-refractivity contribution in [3.05, 3.63) is 47.7 Å². The van der Waals surface area contributed by atoms with Crippen LogP contribution in [0.3, 0.4) is 0 Å². The summed E-state index contributed by atoms with van der Waals surface area (Å²) in [7, 11) is -1.20. The van der Waals surface area contributed by atoms with Crippen LogP contribution in [0.15, 0.2) is 52.5 Å². The van der Waals surface area contributed by atoms with E-state index in [2.05, 4.69) is 79.3 Å². The predicted octanol–water partition coefficient (Wildman–Crippen LogP) is 10.9. The van der Waals surface area contributed by atoms with Crippen LogP contribution in [-0.4, -0.2) is 18.5 Å². The smallest absolute Gasteiger partial charge is 0.0425 e. The minimum atomic E-state index is -1.20. The van der Waals surface area contributed by atoms with Crippen molar-refractivity contribution in [2.45, 2.75) is 107 Å². The molecule has 0 aromatic rings. The summed E-state index contributed by atoms with van der Waals surface area (Å²) in [6, 6.07) is 0. The van der Waals surface area contributed by atoms with E-state index in [1.54, 1.807) is 0 Å². The molecule has 0 N–H and O–H groups in total. The molecule has 0 aromatic heterocycles. The SMILES string of the molecule is C=C(C)C(C)=CC.CC(C)CCCP(CCCC(C)C)(CCCC(C)C)=NC1=CC=CC1.[Ti]. The molecule has 1 nitrogen and oxygen atoms in total. The normalized spacial score (nSPS) is 13.7. The summed E-state index contributed by atoms with van der Waals surface area (Å²) in [6.45, 7) is 24.0. The fourth-order valence-electron chi connectivity index (χ4n) is 3.90. The van der Waals surface area contributed by atoms with Gasteiger partial charge in [-0.25, -0.2) is 0 Å². The Morgan fingerprint density at radius 3 is 1.58 bits per heavy atom. The fourth-order valence-corrected chi connectivity index (χ4v) is 7.87. The van der Waals surface area contributed by atoms with E-state index in [1.165, 1.54) is 68.3 Å². The molecule has 1 rings (SSSR count). The summed E-state index contributed by atoms with van der Waals surface area (Å²) in [5, 5.41) is 0. The van der Waals surface area contributed by atoms with Crippen LogP contribution in [0.25, 0.3) is 0 Å². The molecule has 0 aliphatic heterocycles. The Kier molecular flexibility index (Phi) is 21.4. The van der Waals surface area contributed by atoms with Crippen LogP contribution in [0, 0.1) is 17.8 Å². The molecule has 0 radical (unpaired) electrons. The van der Waals surface area contributed by atoms with Gasteiger partial charge in [0.25, 0.3) is 0 Å². The van der Waals surface area contributed by atoms with E-state index in [0.29, 0.717) is 0 Å². The predicted molar refractivity (Wildman–Crippen MR) is 152 cm³/mol. The molecule has 0 amide bonds. The van der Waals surface area contributed by atoms with Crippen molar-refractivity contribution >= 4 is 7.05 Å². The maximum atomic E-state index is 5.51. The number of nitrogens with zero attached hydrogens (tertiary/aromatic N) is 1. The molecule has 0 aromatic carbocycles. The first-order valence-electron chi connectivity index (χ1n) is 13.2. The van der Waals surface area contributed by atoms with Gasteiger partial charge < -0.3 is 0 Å². The van der Waals surface area contributed by atoms with Gasteiger partial charge in [0.05, 0.1) is 0 Å². The van der Waals surface area contributed by atoms with E-state index in [0.717, 1.165) is 29.7 Å². The standard InChI is InChI=1S/C23H44NP.C7H12.Ti/c1-20(2)12-9-17-25(18-10-13-21(3)4,19-11-14-22(5)6)24-23-15-7-8-16-23;1-5-7(4)6(2)3;/h7-8,15,20-22H,9-14,16-19H2,1-6H3;5H,2H2,1,3-4H3;. The van der Waals surface area contributed by atoms with Crippen LogP contribution in [0.2, 0.25) is 0 Å². The maximum absolute atomic E-state index is 5.51. The molecule has 190 valence electrons. The zero-order chi connectivity index (χ0) is 24.6. The topological polar surface area (TPSA) is 12.4 Å². The molecule has 1 aliphatic carbocycles. The van der Waals surface area contributed by atoms with E-state index in [9.17, 15) is 0 Å². The van der Waals surface area contributed by atoms with E-state index >= 15 is 0 Å². The van der Waals surface area contributed by atoms with Crippen molar-refractivity contribution in [1.29, 1.82) is 0 Å². The first-order chi connectivity index (χ1) is 15.0. The van der Waals surface area contributed by atoms with Gasteiger partial charge in [0.2, 0.25) is 0 Å². The zero-order valence-corrected chi connectivity index (χ0v) is 26.2. The van der Waals surface area contributed by atoms with Gasteiger partial charge in [0, 0.05) is 33.8 Å². The number of hydrogen-bond donors (Lipinski definition) is 0. The van der Waals surface area contributed by atoms with Crippen molar-refractivity contribution in [3.8, 4) is 0 Å². The second-order valence-corrected chi connectivity index (χ2v) is 14.7. The van der Waals surface area contributed by atoms with E-state index in [1.807, 2.05) is 13.8 Å². The van der Waals surface area contributed by atoms with Gasteiger partial charge in [-0.1, -0.05) is 96.8 Å². The number of rotatable bonds is 14. The third kappa shape index (κ3) is 18.9. The Balaban J connectivity index is 0. The van der Waals surface area contributed by atoms with Gasteiger partial charge in [-0.2, -0.15) is 0 Å². The van der Waals surface area contributed by atoms with Crippen molar-refractivity contribution in [3.63, 3.8) is 0 Å². The first-order valence-corrected chi connectivity index (χ1v) is 15.5. The second kappa shape index (κ2) is 20.1. The number of hydrogen-bond acceptors (Lipinski definition) is 1. The Hall–Kier alpha value is -0.0957. The molecule has 0 saturated heterocycles. The van der Waals surface area contributed by atoms with Crippen LogP contribution in [0.5, 0.6) is 0 Å². The molecule has 0 bridgehead atoms. The summed E-state index contributed by atoms with van der Waals surface area (Å²) in [6.07, 6.45) is 22.2. The van der Waals surface area contributed by atoms with E-state index < -0.39 is 7.05 Å². The van der Waals surface area contributed by atoms with Crippen LogP contribution >= 0.6 is 7.05 Å². The van der Waals surface area contributed by atoms with Gasteiger partial charge in [-0.05, 0) is 89.4 Å². The molecule has 0 saturated carbocycles. The monoisotopic (exact) mass is 509 g/mol. The zero-order valence-electron chi connectivity index (χ0n) is 23.7. The molecular weight excluding hydrogens is 453 g/mol. The van der Waals surface area contributed by atoms with Gasteiger partial charge in [0.1, 0.15) is 0 Å². The summed E-state index contributed by atoms with van der Waals surface area (Å²) >= 11 is 0. The van der Waals surface area contributed by atoms with Crippen molar-refractivity contribution < 1.29 is 21.7 Å². The maximum Gasteiger partial charge on any atom is 0.0425 e. The quantitative estimate of drug-likeness (QED) is 0.125. The second-order valence-electron chi connectivity index (χ2n) is 11.0. The molecule has 0 heterocycles. The van der Waals surface area contributed by atoms with Crippen molar-refractivity contribution in [2.75, 3.05) is 18.5 Å². The minimum absolute atomic E-state index is 0. The Bertz CT molecular complexity index is 622.